The van der Waals surface area contributed by atoms with E-state index in [1.807, 2.05) is 13.3 Å². The maximum atomic E-state index is 11.5. The molecule has 0 aliphatic carbocycles. The van der Waals surface area contributed by atoms with Crippen molar-refractivity contribution in [1.29, 1.82) is 0 Å². The Morgan fingerprint density at radius 2 is 2.19 bits per heavy atom. The minimum absolute atomic E-state index is 0. The van der Waals surface area contributed by atoms with E-state index in [4.69, 9.17) is 4.42 Å². The molecule has 2 N–H and O–H groups in total. The first-order valence-corrected chi connectivity index (χ1v) is 6.07. The Kier molecular flexibility index (Phi) is 8.15. The number of rotatable bonds is 6. The number of amides is 1. The van der Waals surface area contributed by atoms with Gasteiger partial charge < -0.3 is 15.1 Å². The average molecular weight is 265 g/mol. The van der Waals surface area contributed by atoms with Gasteiger partial charge in [-0.3, -0.25) is 4.79 Å². The zero-order chi connectivity index (χ0) is 11.1. The van der Waals surface area contributed by atoms with E-state index in [-0.39, 0.29) is 18.3 Å². The van der Waals surface area contributed by atoms with Gasteiger partial charge in [0.05, 0.1) is 0 Å². The lowest BCUT2D eigenvalue weighted by Crippen LogP contribution is -2.26. The zero-order valence-corrected chi connectivity index (χ0v) is 11.0. The summed E-state index contributed by atoms with van der Waals surface area (Å²) in [5, 5.41) is 6.57. The molecule has 6 heteroatoms. The van der Waals surface area contributed by atoms with Crippen molar-refractivity contribution < 1.29 is 9.21 Å². The Balaban J connectivity index is 0.00000225. The van der Waals surface area contributed by atoms with Crippen molar-refractivity contribution in [1.82, 2.24) is 10.6 Å². The van der Waals surface area contributed by atoms with E-state index in [1.165, 1.54) is 11.8 Å². The first-order valence-electron chi connectivity index (χ1n) is 4.84. The number of thioether (sulfide) groups is 1. The molecular formula is C10H17ClN2O2S. The van der Waals surface area contributed by atoms with E-state index in [9.17, 15) is 4.79 Å². The Morgan fingerprint density at radius 3 is 2.75 bits per heavy atom. The van der Waals surface area contributed by atoms with E-state index < -0.39 is 0 Å². The maximum Gasteiger partial charge on any atom is 0.287 e. The van der Waals surface area contributed by atoms with Gasteiger partial charge in [-0.25, -0.2) is 0 Å². The van der Waals surface area contributed by atoms with Crippen molar-refractivity contribution in [3.8, 4) is 0 Å². The Labute approximate surface area is 106 Å². The molecular weight excluding hydrogens is 248 g/mol. The second kappa shape index (κ2) is 8.50. The summed E-state index contributed by atoms with van der Waals surface area (Å²) in [7, 11) is 1.89. The smallest absolute Gasteiger partial charge is 0.287 e. The molecule has 0 bridgehead atoms. The molecule has 0 radical (unpaired) electrons. The Bertz CT molecular complexity index is 318. The van der Waals surface area contributed by atoms with Gasteiger partial charge in [-0.1, -0.05) is 11.8 Å². The molecule has 0 aromatic carbocycles. The summed E-state index contributed by atoms with van der Waals surface area (Å²) >= 11 is 1.48. The molecule has 4 nitrogen and oxygen atoms in total. The summed E-state index contributed by atoms with van der Waals surface area (Å²) in [5.74, 6) is 0.232. The largest absolute Gasteiger partial charge is 0.445 e. The lowest BCUT2D eigenvalue weighted by atomic mass is 10.4. The van der Waals surface area contributed by atoms with Gasteiger partial charge in [-0.2, -0.15) is 0 Å². The summed E-state index contributed by atoms with van der Waals surface area (Å²) in [6, 6.07) is 3.49. The van der Waals surface area contributed by atoms with Gasteiger partial charge in [0.2, 0.25) is 0 Å². The van der Waals surface area contributed by atoms with Crippen molar-refractivity contribution >= 4 is 30.1 Å². The highest BCUT2D eigenvalue weighted by molar-refractivity contribution is 7.98. The van der Waals surface area contributed by atoms with Gasteiger partial charge in [0.15, 0.2) is 10.9 Å². The monoisotopic (exact) mass is 264 g/mol. The highest BCUT2D eigenvalue weighted by atomic mass is 35.5. The molecule has 92 valence electrons. The van der Waals surface area contributed by atoms with Crippen molar-refractivity contribution in [3.63, 3.8) is 0 Å². The van der Waals surface area contributed by atoms with Crippen LogP contribution in [0.3, 0.4) is 0 Å². The van der Waals surface area contributed by atoms with Crippen molar-refractivity contribution in [2.75, 3.05) is 26.4 Å². The van der Waals surface area contributed by atoms with Crippen LogP contribution in [-0.2, 0) is 0 Å². The second-order valence-corrected chi connectivity index (χ2v) is 3.85. The highest BCUT2D eigenvalue weighted by Gasteiger charge is 2.09. The number of nitrogens with one attached hydrogen (secondary N) is 2. The number of furan rings is 1. The van der Waals surface area contributed by atoms with Crippen LogP contribution in [0.15, 0.2) is 21.6 Å². The van der Waals surface area contributed by atoms with Crippen LogP contribution in [0.2, 0.25) is 0 Å². The SMILES string of the molecule is CNCCCNC(=O)c1ccc(SC)o1.Cl. The highest BCUT2D eigenvalue weighted by Crippen LogP contribution is 2.17. The van der Waals surface area contributed by atoms with E-state index in [2.05, 4.69) is 10.6 Å². The molecule has 16 heavy (non-hydrogen) atoms. The number of halogens is 1. The van der Waals surface area contributed by atoms with E-state index in [1.54, 1.807) is 12.1 Å². The van der Waals surface area contributed by atoms with Gasteiger partial charge in [0.25, 0.3) is 5.91 Å². The fourth-order valence-corrected chi connectivity index (χ4v) is 1.48. The minimum Gasteiger partial charge on any atom is -0.445 e. The number of carbonyl (C=O) groups is 1. The minimum atomic E-state index is -0.147. The predicted molar refractivity (Wildman–Crippen MR) is 68.6 cm³/mol. The standard InChI is InChI=1S/C10H16N2O2S.ClH/c1-11-6-3-7-12-10(13)8-4-5-9(14-8)15-2;/h4-5,11H,3,6-7H2,1-2H3,(H,12,13);1H. The molecule has 0 atom stereocenters. The van der Waals surface area contributed by atoms with Crippen LogP contribution >= 0.6 is 24.2 Å². The topological polar surface area (TPSA) is 54.3 Å². The number of carbonyl (C=O) groups excluding carboxylic acids is 1. The molecule has 1 heterocycles. The molecule has 0 saturated heterocycles. The predicted octanol–water partition coefficient (Wildman–Crippen LogP) is 1.76. The summed E-state index contributed by atoms with van der Waals surface area (Å²) in [6.07, 6.45) is 2.83. The van der Waals surface area contributed by atoms with E-state index >= 15 is 0 Å². The van der Waals surface area contributed by atoms with Crippen LogP contribution in [0.25, 0.3) is 0 Å². The van der Waals surface area contributed by atoms with E-state index in [0.717, 1.165) is 18.1 Å². The lowest BCUT2D eigenvalue weighted by Gasteiger charge is -2.02. The molecule has 1 rings (SSSR count). The lowest BCUT2D eigenvalue weighted by molar-refractivity contribution is 0.0920. The van der Waals surface area contributed by atoms with Crippen LogP contribution in [0.4, 0.5) is 0 Å². The third-order valence-electron chi connectivity index (χ3n) is 1.90. The molecule has 0 spiro atoms. The van der Waals surface area contributed by atoms with Crippen LogP contribution in [0.5, 0.6) is 0 Å². The summed E-state index contributed by atoms with van der Waals surface area (Å²) in [6.45, 7) is 1.56. The van der Waals surface area contributed by atoms with Gasteiger partial charge >= 0.3 is 0 Å². The fraction of sp³-hybridized carbons (Fsp3) is 0.500. The van der Waals surface area contributed by atoms with Crippen molar-refractivity contribution in [2.24, 2.45) is 0 Å². The molecule has 0 fully saturated rings. The van der Waals surface area contributed by atoms with Crippen molar-refractivity contribution in [3.05, 3.63) is 17.9 Å². The molecule has 1 aromatic heterocycles. The molecule has 0 aliphatic heterocycles. The van der Waals surface area contributed by atoms with Gasteiger partial charge in [0.1, 0.15) is 0 Å². The molecule has 1 amide bonds. The summed E-state index contributed by atoms with van der Waals surface area (Å²) in [5.41, 5.74) is 0. The van der Waals surface area contributed by atoms with Crippen LogP contribution in [0.1, 0.15) is 17.0 Å². The van der Waals surface area contributed by atoms with Crippen LogP contribution < -0.4 is 10.6 Å². The maximum absolute atomic E-state index is 11.5. The second-order valence-electron chi connectivity index (χ2n) is 3.04. The zero-order valence-electron chi connectivity index (χ0n) is 9.41. The molecule has 1 aromatic rings. The van der Waals surface area contributed by atoms with Gasteiger partial charge in [-0.15, -0.1) is 12.4 Å². The van der Waals surface area contributed by atoms with E-state index in [0.29, 0.717) is 12.3 Å². The number of hydrogen-bond donors (Lipinski definition) is 2. The normalized spacial score (nSPS) is 9.62. The van der Waals surface area contributed by atoms with Gasteiger partial charge in [0, 0.05) is 6.54 Å². The van der Waals surface area contributed by atoms with Crippen molar-refractivity contribution in [2.45, 2.75) is 11.5 Å². The van der Waals surface area contributed by atoms with Gasteiger partial charge in [-0.05, 0) is 38.4 Å². The fourth-order valence-electron chi connectivity index (χ4n) is 1.11. The molecule has 0 saturated carbocycles. The quantitative estimate of drug-likeness (QED) is 0.607. The summed E-state index contributed by atoms with van der Waals surface area (Å²) < 4.78 is 5.29. The third-order valence-corrected chi connectivity index (χ3v) is 2.52. The Hall–Kier alpha value is -0.650. The Morgan fingerprint density at radius 1 is 1.44 bits per heavy atom. The molecule has 0 aliphatic rings. The molecule has 0 unspecified atom stereocenters. The first kappa shape index (κ1) is 15.3. The summed E-state index contributed by atoms with van der Waals surface area (Å²) in [4.78, 5) is 11.5. The van der Waals surface area contributed by atoms with Crippen LogP contribution in [0, 0.1) is 0 Å². The average Bonchev–Trinajstić information content (AvgIpc) is 2.72. The third kappa shape index (κ3) is 4.92. The number of hydrogen-bond acceptors (Lipinski definition) is 4. The first-order chi connectivity index (χ1) is 7.27. The van der Waals surface area contributed by atoms with Crippen LogP contribution in [-0.4, -0.2) is 32.3 Å².